The fraction of sp³-hybridized carbons (Fsp3) is 0.188. The van der Waals surface area contributed by atoms with Crippen molar-refractivity contribution in [1.29, 1.82) is 0 Å². The zero-order valence-electron chi connectivity index (χ0n) is 11.0. The quantitative estimate of drug-likeness (QED) is 0.331. The fourth-order valence-electron chi connectivity index (χ4n) is 2.17. The Labute approximate surface area is 117 Å². The normalized spacial score (nSPS) is 11.4. The Hall–Kier alpha value is -2.58. The lowest BCUT2D eigenvalue weighted by Crippen LogP contribution is -2.14. The summed E-state index contributed by atoms with van der Waals surface area (Å²) in [5, 5.41) is 3.54. The van der Waals surface area contributed by atoms with Crippen LogP contribution < -0.4 is 0 Å². The van der Waals surface area contributed by atoms with E-state index in [1.54, 1.807) is 0 Å². The number of rotatable bonds is 6. The van der Waals surface area contributed by atoms with E-state index in [9.17, 15) is 4.79 Å². The van der Waals surface area contributed by atoms with E-state index in [0.717, 1.165) is 5.56 Å². The first-order chi connectivity index (χ1) is 9.83. The number of hydrogen-bond donors (Lipinski definition) is 0. The summed E-state index contributed by atoms with van der Waals surface area (Å²) in [6.45, 7) is 0.314. The monoisotopic (exact) mass is 265 g/mol. The molecule has 4 nitrogen and oxygen atoms in total. The zero-order chi connectivity index (χ0) is 14.2. The van der Waals surface area contributed by atoms with Gasteiger partial charge in [0.25, 0.3) is 0 Å². The molecule has 1 atom stereocenters. The van der Waals surface area contributed by atoms with Gasteiger partial charge in [-0.05, 0) is 17.5 Å². The van der Waals surface area contributed by atoms with Crippen molar-refractivity contribution in [1.82, 2.24) is 0 Å². The van der Waals surface area contributed by atoms with E-state index in [0.29, 0.717) is 18.5 Å². The summed E-state index contributed by atoms with van der Waals surface area (Å²) in [7, 11) is 0. The van der Waals surface area contributed by atoms with Crippen molar-refractivity contribution < 1.29 is 4.79 Å². The minimum atomic E-state index is -0.274. The van der Waals surface area contributed by atoms with Crippen LogP contribution in [-0.2, 0) is 0 Å². The van der Waals surface area contributed by atoms with Crippen LogP contribution in [0.2, 0.25) is 0 Å². The van der Waals surface area contributed by atoms with Crippen molar-refractivity contribution in [2.75, 3.05) is 6.54 Å². The van der Waals surface area contributed by atoms with Gasteiger partial charge >= 0.3 is 0 Å². The standard InChI is InChI=1S/C16H15N3O/c17-19-18-12-11-15(13-7-3-1-4-8-13)16(20)14-9-5-2-6-10-14/h1-10,15H,11-12H2/t15-/m1/s1. The van der Waals surface area contributed by atoms with Gasteiger partial charge in [0, 0.05) is 22.9 Å². The number of hydrogen-bond acceptors (Lipinski definition) is 2. The van der Waals surface area contributed by atoms with Crippen molar-refractivity contribution in [2.24, 2.45) is 5.11 Å². The molecule has 0 aliphatic rings. The molecule has 0 saturated heterocycles. The molecule has 20 heavy (non-hydrogen) atoms. The van der Waals surface area contributed by atoms with Gasteiger partial charge in [-0.25, -0.2) is 0 Å². The van der Waals surface area contributed by atoms with Crippen LogP contribution >= 0.6 is 0 Å². The van der Waals surface area contributed by atoms with Crippen molar-refractivity contribution in [3.63, 3.8) is 0 Å². The lowest BCUT2D eigenvalue weighted by atomic mass is 9.88. The second-order valence-electron chi connectivity index (χ2n) is 4.44. The van der Waals surface area contributed by atoms with Gasteiger partial charge in [0.15, 0.2) is 5.78 Å². The minimum absolute atomic E-state index is 0.0601. The Kier molecular flexibility index (Phi) is 4.93. The van der Waals surface area contributed by atoms with Gasteiger partial charge < -0.3 is 0 Å². The number of Topliss-reactive ketones (excluding diaryl/α,β-unsaturated/α-hetero) is 1. The predicted molar refractivity (Wildman–Crippen MR) is 78.6 cm³/mol. The summed E-state index contributed by atoms with van der Waals surface area (Å²) in [6, 6.07) is 18.8. The molecule has 0 radical (unpaired) electrons. The molecule has 0 aliphatic carbocycles. The predicted octanol–water partition coefficient (Wildman–Crippen LogP) is 4.35. The van der Waals surface area contributed by atoms with Crippen LogP contribution in [0.3, 0.4) is 0 Å². The number of carbonyl (C=O) groups is 1. The molecule has 0 N–H and O–H groups in total. The van der Waals surface area contributed by atoms with Gasteiger partial charge in [-0.2, -0.15) is 0 Å². The molecule has 2 aromatic rings. The zero-order valence-corrected chi connectivity index (χ0v) is 11.0. The molecule has 0 spiro atoms. The molecule has 0 heterocycles. The van der Waals surface area contributed by atoms with Crippen LogP contribution in [0, 0.1) is 0 Å². The van der Waals surface area contributed by atoms with E-state index in [2.05, 4.69) is 10.0 Å². The number of azide groups is 1. The van der Waals surface area contributed by atoms with Crippen molar-refractivity contribution in [3.05, 3.63) is 82.2 Å². The SMILES string of the molecule is [N-]=[N+]=NCC[C@@H](C(=O)c1ccccc1)c1ccccc1. The average molecular weight is 265 g/mol. The third-order valence-corrected chi connectivity index (χ3v) is 3.16. The molecule has 0 saturated carbocycles. The lowest BCUT2D eigenvalue weighted by Gasteiger charge is -2.15. The largest absolute Gasteiger partial charge is 0.293 e. The van der Waals surface area contributed by atoms with Crippen LogP contribution in [0.1, 0.15) is 28.3 Å². The van der Waals surface area contributed by atoms with E-state index in [4.69, 9.17) is 5.53 Å². The molecule has 2 aromatic carbocycles. The van der Waals surface area contributed by atoms with E-state index >= 15 is 0 Å². The smallest absolute Gasteiger partial charge is 0.170 e. The summed E-state index contributed by atoms with van der Waals surface area (Å²) in [6.07, 6.45) is 0.516. The fourth-order valence-corrected chi connectivity index (χ4v) is 2.17. The topological polar surface area (TPSA) is 65.8 Å². The third kappa shape index (κ3) is 3.46. The van der Waals surface area contributed by atoms with Gasteiger partial charge in [-0.3, -0.25) is 4.79 Å². The van der Waals surface area contributed by atoms with E-state index in [1.807, 2.05) is 60.7 Å². The first-order valence-corrected chi connectivity index (χ1v) is 6.48. The Morgan fingerprint density at radius 2 is 1.65 bits per heavy atom. The molecule has 0 amide bonds. The van der Waals surface area contributed by atoms with Gasteiger partial charge in [-0.15, -0.1) is 0 Å². The third-order valence-electron chi connectivity index (χ3n) is 3.16. The average Bonchev–Trinajstić information content (AvgIpc) is 2.53. The van der Waals surface area contributed by atoms with Crippen LogP contribution in [0.5, 0.6) is 0 Å². The van der Waals surface area contributed by atoms with Gasteiger partial charge in [-0.1, -0.05) is 65.8 Å². The van der Waals surface area contributed by atoms with Crippen molar-refractivity contribution in [3.8, 4) is 0 Å². The molecule has 0 aromatic heterocycles. The number of nitrogens with zero attached hydrogens (tertiary/aromatic N) is 3. The molecular weight excluding hydrogens is 250 g/mol. The highest BCUT2D eigenvalue weighted by Crippen LogP contribution is 2.24. The summed E-state index contributed by atoms with van der Waals surface area (Å²) >= 11 is 0. The van der Waals surface area contributed by atoms with Crippen LogP contribution in [-0.4, -0.2) is 12.3 Å². The van der Waals surface area contributed by atoms with E-state index in [-0.39, 0.29) is 11.7 Å². The van der Waals surface area contributed by atoms with Gasteiger partial charge in [0.05, 0.1) is 0 Å². The Morgan fingerprint density at radius 3 is 2.25 bits per heavy atom. The lowest BCUT2D eigenvalue weighted by molar-refractivity contribution is 0.0956. The number of carbonyl (C=O) groups excluding carboxylic acids is 1. The first-order valence-electron chi connectivity index (χ1n) is 6.48. The molecule has 4 heteroatoms. The molecule has 0 bridgehead atoms. The number of benzene rings is 2. The summed E-state index contributed by atoms with van der Waals surface area (Å²) < 4.78 is 0. The number of ketones is 1. The van der Waals surface area contributed by atoms with Crippen LogP contribution in [0.25, 0.3) is 10.4 Å². The first kappa shape index (κ1) is 13.8. The minimum Gasteiger partial charge on any atom is -0.293 e. The van der Waals surface area contributed by atoms with Crippen LogP contribution in [0.4, 0.5) is 0 Å². The maximum Gasteiger partial charge on any atom is 0.170 e. The second kappa shape index (κ2) is 7.12. The maximum atomic E-state index is 12.6. The summed E-state index contributed by atoms with van der Waals surface area (Å²) in [5.41, 5.74) is 10.0. The molecule has 0 fully saturated rings. The van der Waals surface area contributed by atoms with Crippen LogP contribution in [0.15, 0.2) is 65.8 Å². The van der Waals surface area contributed by atoms with E-state index < -0.39 is 0 Å². The van der Waals surface area contributed by atoms with Crippen molar-refractivity contribution >= 4 is 5.78 Å². The Morgan fingerprint density at radius 1 is 1.05 bits per heavy atom. The molecular formula is C16H15N3O. The second-order valence-corrected chi connectivity index (χ2v) is 4.44. The van der Waals surface area contributed by atoms with Crippen molar-refractivity contribution in [2.45, 2.75) is 12.3 Å². The highest BCUT2D eigenvalue weighted by atomic mass is 16.1. The maximum absolute atomic E-state index is 12.6. The molecule has 2 rings (SSSR count). The highest BCUT2D eigenvalue weighted by molar-refractivity contribution is 6.00. The molecule has 0 aliphatic heterocycles. The van der Waals surface area contributed by atoms with Gasteiger partial charge in [0.1, 0.15) is 0 Å². The summed E-state index contributed by atoms with van der Waals surface area (Å²) in [4.78, 5) is 15.4. The van der Waals surface area contributed by atoms with E-state index in [1.165, 1.54) is 0 Å². The Bertz CT molecular complexity index is 604. The Balaban J connectivity index is 2.26. The summed E-state index contributed by atoms with van der Waals surface area (Å²) in [5.74, 6) is -0.214. The van der Waals surface area contributed by atoms with Gasteiger partial charge in [0.2, 0.25) is 0 Å². The highest BCUT2D eigenvalue weighted by Gasteiger charge is 2.21. The molecule has 0 unspecified atom stereocenters. The molecule has 100 valence electrons.